The van der Waals surface area contributed by atoms with Gasteiger partial charge in [-0.1, -0.05) is 49.4 Å². The van der Waals surface area contributed by atoms with Gasteiger partial charge in [-0.05, 0) is 48.7 Å². The topological polar surface area (TPSA) is 49.9 Å². The highest BCUT2D eigenvalue weighted by Crippen LogP contribution is 2.19. The van der Waals surface area contributed by atoms with E-state index in [1.165, 1.54) is 4.88 Å². The van der Waals surface area contributed by atoms with Crippen LogP contribution in [0.1, 0.15) is 34.2 Å². The van der Waals surface area contributed by atoms with Gasteiger partial charge in [0.25, 0.3) is 0 Å². The summed E-state index contributed by atoms with van der Waals surface area (Å²) in [5.41, 5.74) is 1.98. The molecule has 0 radical (unpaired) electrons. The minimum absolute atomic E-state index is 0.0398. The Morgan fingerprint density at radius 1 is 0.848 bits per heavy atom. The van der Waals surface area contributed by atoms with Crippen molar-refractivity contribution >= 4 is 23.2 Å². The first-order valence-electron chi connectivity index (χ1n) is 11.3. The Kier molecular flexibility index (Phi) is 9.07. The summed E-state index contributed by atoms with van der Waals surface area (Å²) in [7, 11) is 1.62. The summed E-state index contributed by atoms with van der Waals surface area (Å²) in [5, 5.41) is 0. The number of aryl methyl sites for hydroxylation is 1. The van der Waals surface area contributed by atoms with E-state index < -0.39 is 0 Å². The SMILES string of the molecule is CCCN(CC(=O)N(Cc1ccccc1)Cc1ccc(C)s1)C(=O)Cc1ccc(OC)cc1. The molecule has 0 aliphatic heterocycles. The molecule has 1 aromatic heterocycles. The number of amides is 2. The van der Waals surface area contributed by atoms with Crippen molar-refractivity contribution in [3.8, 4) is 5.75 Å². The van der Waals surface area contributed by atoms with Gasteiger partial charge in [-0.2, -0.15) is 0 Å². The fourth-order valence-corrected chi connectivity index (χ4v) is 4.56. The average molecular weight is 465 g/mol. The largest absolute Gasteiger partial charge is 0.497 e. The summed E-state index contributed by atoms with van der Waals surface area (Å²) in [4.78, 5) is 32.4. The Bertz CT molecular complexity index is 1030. The molecule has 3 aromatic rings. The van der Waals surface area contributed by atoms with Crippen molar-refractivity contribution in [2.24, 2.45) is 0 Å². The molecule has 0 fully saturated rings. The van der Waals surface area contributed by atoms with E-state index in [4.69, 9.17) is 4.74 Å². The van der Waals surface area contributed by atoms with Gasteiger partial charge in [-0.25, -0.2) is 0 Å². The number of methoxy groups -OCH3 is 1. The first kappa shape index (κ1) is 24.5. The Morgan fingerprint density at radius 3 is 2.18 bits per heavy atom. The Hall–Kier alpha value is -3.12. The minimum Gasteiger partial charge on any atom is -0.497 e. The van der Waals surface area contributed by atoms with Crippen molar-refractivity contribution in [2.75, 3.05) is 20.2 Å². The molecular weight excluding hydrogens is 432 g/mol. The van der Waals surface area contributed by atoms with Crippen LogP contribution in [-0.2, 0) is 29.1 Å². The first-order valence-corrected chi connectivity index (χ1v) is 12.1. The molecule has 174 valence electrons. The molecule has 5 nitrogen and oxygen atoms in total. The van der Waals surface area contributed by atoms with Crippen molar-refractivity contribution in [1.82, 2.24) is 9.80 Å². The molecule has 0 atom stereocenters. The second-order valence-corrected chi connectivity index (χ2v) is 9.46. The zero-order valence-electron chi connectivity index (χ0n) is 19.6. The molecule has 0 N–H and O–H groups in total. The van der Waals surface area contributed by atoms with Crippen LogP contribution >= 0.6 is 11.3 Å². The van der Waals surface area contributed by atoms with Crippen molar-refractivity contribution in [2.45, 2.75) is 39.8 Å². The molecule has 0 saturated carbocycles. The maximum Gasteiger partial charge on any atom is 0.242 e. The maximum atomic E-state index is 13.4. The van der Waals surface area contributed by atoms with Gasteiger partial charge in [0.05, 0.1) is 26.6 Å². The highest BCUT2D eigenvalue weighted by atomic mass is 32.1. The molecule has 0 saturated heterocycles. The third kappa shape index (κ3) is 7.46. The van der Waals surface area contributed by atoms with Crippen LogP contribution in [0.5, 0.6) is 5.75 Å². The van der Waals surface area contributed by atoms with Crippen LogP contribution < -0.4 is 4.74 Å². The van der Waals surface area contributed by atoms with Gasteiger partial charge in [-0.15, -0.1) is 11.3 Å². The molecular formula is C27H32N2O3S. The van der Waals surface area contributed by atoms with Gasteiger partial charge in [0.2, 0.25) is 11.8 Å². The van der Waals surface area contributed by atoms with Gasteiger partial charge in [-0.3, -0.25) is 9.59 Å². The van der Waals surface area contributed by atoms with Gasteiger partial charge < -0.3 is 14.5 Å². The average Bonchev–Trinajstić information content (AvgIpc) is 3.24. The molecule has 2 aromatic carbocycles. The second kappa shape index (κ2) is 12.2. The van der Waals surface area contributed by atoms with Gasteiger partial charge in [0.15, 0.2) is 0 Å². The fraction of sp³-hybridized carbons (Fsp3) is 0.333. The van der Waals surface area contributed by atoms with E-state index in [1.807, 2.05) is 66.4 Å². The van der Waals surface area contributed by atoms with Crippen LogP contribution in [-0.4, -0.2) is 41.8 Å². The third-order valence-electron chi connectivity index (χ3n) is 5.40. The number of carbonyl (C=O) groups excluding carboxylic acids is 2. The molecule has 2 amide bonds. The molecule has 3 rings (SSSR count). The van der Waals surface area contributed by atoms with E-state index in [2.05, 4.69) is 19.1 Å². The van der Waals surface area contributed by atoms with Gasteiger partial charge in [0, 0.05) is 22.8 Å². The predicted molar refractivity (Wildman–Crippen MR) is 133 cm³/mol. The van der Waals surface area contributed by atoms with Crippen molar-refractivity contribution in [3.05, 3.63) is 87.6 Å². The lowest BCUT2D eigenvalue weighted by Crippen LogP contribution is -2.43. The van der Waals surface area contributed by atoms with E-state index in [-0.39, 0.29) is 24.8 Å². The lowest BCUT2D eigenvalue weighted by Gasteiger charge is -2.27. The van der Waals surface area contributed by atoms with Crippen molar-refractivity contribution < 1.29 is 14.3 Å². The van der Waals surface area contributed by atoms with Crippen LogP contribution in [0.3, 0.4) is 0 Å². The zero-order valence-corrected chi connectivity index (χ0v) is 20.4. The highest BCUT2D eigenvalue weighted by molar-refractivity contribution is 7.11. The summed E-state index contributed by atoms with van der Waals surface area (Å²) in [6.45, 7) is 5.78. The van der Waals surface area contributed by atoms with E-state index in [9.17, 15) is 9.59 Å². The van der Waals surface area contributed by atoms with E-state index in [0.717, 1.165) is 28.2 Å². The number of carbonyl (C=O) groups is 2. The van der Waals surface area contributed by atoms with Gasteiger partial charge in [0.1, 0.15) is 5.75 Å². The van der Waals surface area contributed by atoms with Crippen LogP contribution in [0.25, 0.3) is 0 Å². The molecule has 0 aliphatic carbocycles. The number of hydrogen-bond acceptors (Lipinski definition) is 4. The molecule has 33 heavy (non-hydrogen) atoms. The highest BCUT2D eigenvalue weighted by Gasteiger charge is 2.22. The lowest BCUT2D eigenvalue weighted by molar-refractivity contribution is -0.141. The van der Waals surface area contributed by atoms with Crippen LogP contribution in [0.4, 0.5) is 0 Å². The molecule has 0 aliphatic rings. The third-order valence-corrected chi connectivity index (χ3v) is 6.38. The van der Waals surface area contributed by atoms with Crippen LogP contribution in [0.15, 0.2) is 66.7 Å². The summed E-state index contributed by atoms with van der Waals surface area (Å²) < 4.78 is 5.19. The number of hydrogen-bond donors (Lipinski definition) is 0. The fourth-order valence-electron chi connectivity index (χ4n) is 3.65. The Labute approximate surface area is 200 Å². The summed E-state index contributed by atoms with van der Waals surface area (Å²) in [6, 6.07) is 21.6. The standard InChI is InChI=1S/C27H32N2O3S/c1-4-16-28(26(30)17-22-11-13-24(32-3)14-12-22)20-27(31)29(18-23-8-6-5-7-9-23)19-25-15-10-21(2)33-25/h5-15H,4,16-20H2,1-3H3. The van der Waals surface area contributed by atoms with Crippen molar-refractivity contribution in [1.29, 1.82) is 0 Å². The minimum atomic E-state index is -0.0403. The summed E-state index contributed by atoms with van der Waals surface area (Å²) in [5.74, 6) is 0.676. The number of nitrogens with zero attached hydrogens (tertiary/aromatic N) is 2. The second-order valence-electron chi connectivity index (χ2n) is 8.09. The summed E-state index contributed by atoms with van der Waals surface area (Å²) in [6.07, 6.45) is 1.06. The van der Waals surface area contributed by atoms with Crippen LogP contribution in [0, 0.1) is 6.92 Å². The quantitative estimate of drug-likeness (QED) is 0.398. The Morgan fingerprint density at radius 2 is 1.58 bits per heavy atom. The lowest BCUT2D eigenvalue weighted by atomic mass is 10.1. The Balaban J connectivity index is 1.72. The smallest absolute Gasteiger partial charge is 0.242 e. The maximum absolute atomic E-state index is 13.4. The number of rotatable bonds is 11. The van der Waals surface area contributed by atoms with Crippen molar-refractivity contribution in [3.63, 3.8) is 0 Å². The van der Waals surface area contributed by atoms with Crippen LogP contribution in [0.2, 0.25) is 0 Å². The van der Waals surface area contributed by atoms with E-state index in [1.54, 1.807) is 23.3 Å². The molecule has 0 bridgehead atoms. The number of thiophene rings is 1. The normalized spacial score (nSPS) is 10.6. The monoisotopic (exact) mass is 464 g/mol. The molecule has 1 heterocycles. The number of ether oxygens (including phenoxy) is 1. The molecule has 0 unspecified atom stereocenters. The molecule has 6 heteroatoms. The van der Waals surface area contributed by atoms with Gasteiger partial charge >= 0.3 is 0 Å². The summed E-state index contributed by atoms with van der Waals surface area (Å²) >= 11 is 1.70. The zero-order chi connectivity index (χ0) is 23.6. The predicted octanol–water partition coefficient (Wildman–Crippen LogP) is 5.08. The van der Waals surface area contributed by atoms with E-state index >= 15 is 0 Å². The van der Waals surface area contributed by atoms with E-state index in [0.29, 0.717) is 19.6 Å². The first-order chi connectivity index (χ1) is 16.0. The number of benzene rings is 2. The molecule has 0 spiro atoms.